The maximum absolute atomic E-state index is 14.1. The number of carboxylic acid groups (broad SMARTS) is 1. The van der Waals surface area contributed by atoms with E-state index in [1.165, 1.54) is 28.4 Å². The van der Waals surface area contributed by atoms with Crippen LogP contribution in [0.15, 0.2) is 91.1 Å². The van der Waals surface area contributed by atoms with Crippen molar-refractivity contribution in [2.75, 3.05) is 62.0 Å². The molecule has 104 heavy (non-hydrogen) atoms. The number of amides is 9. The molecule has 2 aliphatic heterocycles. The van der Waals surface area contributed by atoms with Gasteiger partial charge in [-0.2, -0.15) is 5.10 Å². The number of rotatable bonds is 32. The number of carbonyl (C=O) groups excluding carboxylic acids is 8. The van der Waals surface area contributed by atoms with E-state index in [1.54, 1.807) is 69.6 Å². The number of hydrogen-bond donors (Lipinski definition) is 7. The first-order chi connectivity index (χ1) is 49.7. The minimum Gasteiger partial charge on any atom is -0.476 e. The second-order valence-corrected chi connectivity index (χ2v) is 30.9. The summed E-state index contributed by atoms with van der Waals surface area (Å²) in [6, 6.07) is 18.7. The molecule has 0 spiro atoms. The number of para-hydroxylation sites is 1. The Morgan fingerprint density at radius 3 is 2.29 bits per heavy atom. The van der Waals surface area contributed by atoms with E-state index in [-0.39, 0.29) is 125 Å². The van der Waals surface area contributed by atoms with Gasteiger partial charge in [-0.15, -0.1) is 0 Å². The number of pyridine rings is 1. The number of carbonyl (C=O) groups is 9. The van der Waals surface area contributed by atoms with E-state index < -0.39 is 47.6 Å². The minimum absolute atomic E-state index is 0.0160. The number of imide groups is 1. The van der Waals surface area contributed by atoms with Crippen molar-refractivity contribution in [3.63, 3.8) is 0 Å². The van der Waals surface area contributed by atoms with Gasteiger partial charge in [0, 0.05) is 74.3 Å². The summed E-state index contributed by atoms with van der Waals surface area (Å²) in [4.78, 5) is 131. The molecule has 4 aliphatic carbocycles. The first-order valence-electron chi connectivity index (χ1n) is 35.3. The Balaban J connectivity index is 0.681. The average molecular weight is 1460 g/mol. The molecule has 3 aromatic carbocycles. The number of likely N-dealkylation sites (N-methyl/N-ethyl adjacent to an activating group) is 1. The van der Waals surface area contributed by atoms with E-state index in [1.807, 2.05) is 46.8 Å². The molecule has 29 heteroatoms. The van der Waals surface area contributed by atoms with Crippen LogP contribution in [-0.2, 0) is 64.1 Å². The zero-order valence-corrected chi connectivity index (χ0v) is 61.2. The van der Waals surface area contributed by atoms with E-state index in [0.29, 0.717) is 95.4 Å². The fourth-order valence-corrected chi connectivity index (χ4v) is 17.8. The van der Waals surface area contributed by atoms with Crippen LogP contribution in [0.1, 0.15) is 154 Å². The van der Waals surface area contributed by atoms with Gasteiger partial charge in [-0.3, -0.25) is 33.6 Å². The normalized spacial score (nSPS) is 20.5. The zero-order valence-electron chi connectivity index (χ0n) is 59.5. The Hall–Kier alpha value is -9.75. The summed E-state index contributed by atoms with van der Waals surface area (Å²) in [5.41, 5.74) is 12.9. The van der Waals surface area contributed by atoms with E-state index >= 15 is 0 Å². The number of fused-ring (bicyclic) bond motifs is 2. The number of ether oxygens (including phenoxy) is 3. The molecule has 4 fully saturated rings. The minimum atomic E-state index is -1.19. The van der Waals surface area contributed by atoms with E-state index in [0.717, 1.165) is 64.9 Å². The van der Waals surface area contributed by atoms with Crippen molar-refractivity contribution in [1.82, 2.24) is 45.5 Å². The molecular formula is C75H90N13O14PS. The predicted molar refractivity (Wildman–Crippen MR) is 390 cm³/mol. The molecule has 4 bridgehead atoms. The number of nitrogens with one attached hydrogen (secondary N) is 5. The first-order valence-corrected chi connectivity index (χ1v) is 37.0. The van der Waals surface area contributed by atoms with Gasteiger partial charge in [-0.05, 0) is 123 Å². The summed E-state index contributed by atoms with van der Waals surface area (Å²) in [6.07, 6.45) is 12.1. The van der Waals surface area contributed by atoms with Crippen LogP contribution in [0.4, 0.5) is 26.2 Å². The molecule has 5 heterocycles. The van der Waals surface area contributed by atoms with Crippen LogP contribution in [-0.4, -0.2) is 152 Å². The Morgan fingerprint density at radius 1 is 0.827 bits per heavy atom. The van der Waals surface area contributed by atoms with Gasteiger partial charge < -0.3 is 46.5 Å². The van der Waals surface area contributed by atoms with Crippen molar-refractivity contribution in [3.8, 4) is 22.5 Å². The number of benzene rings is 3. The number of thiazole rings is 1. The molecule has 9 amide bonds. The Labute approximate surface area is 608 Å². The standard InChI is InChI=1S/C75H90N13O14PS/c1-46(2)63(83-60(89)17-8-7-11-30-87-61(90)26-27-62(87)91)67(94)80-56(15-12-29-77-69(76)97)66(93)79-49-20-18-48(19-21-49)38-101-71(98)85(6)32-34-102-75-42-72(4)39-73(5,43-75)41-74(40-72,44-75)45-88-47(3)53(36-78-88)51-23-25-59(82-64(51)68(95)96)86-31-28-50-54(37-86)52(22-24-57(50)100-33-13-35-103-99)65(92)84-70-81-55-14-9-10-16-58(55)104-70/h9-10,14,16,18-27,36,46,56,63H,7-8,11-13,15,17,28-34,37-45H2,1-6H3,(H,79,93)(H,80,94)(H,83,89)(H,95,96)(H3,76,77,97)(H,81,84,92)/t56-,63-,72?,73?,74?,75?/m0/s1. The molecular weight excluding hydrogens is 1370 g/mol. The molecule has 6 aromatic rings. The number of aromatic nitrogens is 4. The van der Waals surface area contributed by atoms with Gasteiger partial charge in [-0.25, -0.2) is 14.4 Å². The molecule has 3 aromatic heterocycles. The Kier molecular flexibility index (Phi) is 23.6. The van der Waals surface area contributed by atoms with Gasteiger partial charge >= 0.3 is 179 Å². The SMILES string of the molecule is Cc1c(-c2ccc(N3CCc4c(OCCC#P=O)ccc(C(=O)Nc5nc6ccccc6s5)c4C3)nc2C(=O)O)cnn1CC12CC3(C)CC(C)(C1)CC(OCCN(C)C(=O)OCc1ccc(NC(=O)[C@H](CCCNC(N)=O)NC(=O)[C@@H](NC(=O)CCCCCN4C(=O)C=CC4=O)C(C)C)cc1)(C3)C2. The smallest absolute Gasteiger partial charge is 0.476 e. The third kappa shape index (κ3) is 18.1. The third-order valence-electron chi connectivity index (χ3n) is 20.4. The average Bonchev–Trinajstić information content (AvgIpc) is 0.759. The topological polar surface area (TPSA) is 358 Å². The summed E-state index contributed by atoms with van der Waals surface area (Å²) in [6.45, 7) is 12.6. The number of carboxylic acids is 1. The molecule has 4 atom stereocenters. The number of hydrogen-bond acceptors (Lipinski definition) is 18. The Bertz CT molecular complexity index is 4370. The number of primary amides is 1. The van der Waals surface area contributed by atoms with E-state index in [4.69, 9.17) is 30.0 Å². The number of aromatic carboxylic acids is 1. The predicted octanol–water partition coefficient (Wildman–Crippen LogP) is 10.3. The molecule has 2 unspecified atom stereocenters. The molecule has 8 N–H and O–H groups in total. The summed E-state index contributed by atoms with van der Waals surface area (Å²) in [5, 5.41) is 30.2. The van der Waals surface area contributed by atoms with Gasteiger partial charge in [0.2, 0.25) is 17.7 Å². The fourth-order valence-electron chi connectivity index (χ4n) is 16.7. The van der Waals surface area contributed by atoms with Crippen LogP contribution in [0.3, 0.4) is 0 Å². The summed E-state index contributed by atoms with van der Waals surface area (Å²) in [5.74, 6) is -3.06. The quantitative estimate of drug-likeness (QED) is 0.0117. The first kappa shape index (κ1) is 75.4. The van der Waals surface area contributed by atoms with Gasteiger partial charge in [0.25, 0.3) is 11.8 Å². The van der Waals surface area contributed by atoms with Crippen molar-refractivity contribution in [1.29, 1.82) is 0 Å². The molecule has 27 nitrogen and oxygen atoms in total. The fraction of sp³-hybridized carbons (Fsp3) is 0.480. The van der Waals surface area contributed by atoms with Crippen LogP contribution in [0, 0.1) is 34.7 Å². The van der Waals surface area contributed by atoms with E-state index in [2.05, 4.69) is 51.0 Å². The second kappa shape index (κ2) is 32.5. The van der Waals surface area contributed by atoms with Gasteiger partial charge in [0.05, 0.1) is 28.6 Å². The van der Waals surface area contributed by atoms with Crippen molar-refractivity contribution < 1.29 is 67.0 Å². The van der Waals surface area contributed by atoms with Crippen LogP contribution >= 0.6 is 19.3 Å². The van der Waals surface area contributed by atoms with Crippen LogP contribution in [0.5, 0.6) is 5.75 Å². The number of anilines is 3. The second-order valence-electron chi connectivity index (χ2n) is 29.3. The molecule has 6 aliphatic rings. The number of unbranched alkanes of at least 4 members (excludes halogenated alkanes) is 2. The molecule has 0 saturated heterocycles. The molecule has 0 radical (unpaired) electrons. The zero-order chi connectivity index (χ0) is 74.1. The number of urea groups is 1. The molecule has 12 rings (SSSR count). The number of nitrogens with zero attached hydrogens (tertiary/aromatic N) is 7. The van der Waals surface area contributed by atoms with Crippen molar-refractivity contribution >= 4 is 99.6 Å². The van der Waals surface area contributed by atoms with Crippen molar-refractivity contribution in [2.24, 2.45) is 27.9 Å². The number of nitrogens with two attached hydrogens (primary N) is 1. The van der Waals surface area contributed by atoms with Gasteiger partial charge in [-0.1, -0.05) is 58.4 Å². The van der Waals surface area contributed by atoms with Gasteiger partial charge in [0.1, 0.15) is 18.7 Å². The molecule has 550 valence electrons. The summed E-state index contributed by atoms with van der Waals surface area (Å²) >= 11 is 1.38. The summed E-state index contributed by atoms with van der Waals surface area (Å²) in [7, 11) is 1.46. The van der Waals surface area contributed by atoms with Crippen LogP contribution in [0.2, 0.25) is 0 Å². The van der Waals surface area contributed by atoms with Gasteiger partial charge in [0.15, 0.2) is 0 Å². The maximum atomic E-state index is 14.1. The Morgan fingerprint density at radius 2 is 1.58 bits per heavy atom. The van der Waals surface area contributed by atoms with Crippen LogP contribution < -0.4 is 42.0 Å². The summed E-state index contributed by atoms with van der Waals surface area (Å²) < 4.78 is 32.9. The van der Waals surface area contributed by atoms with E-state index in [9.17, 15) is 52.8 Å². The monoisotopic (exact) mass is 1460 g/mol. The van der Waals surface area contributed by atoms with Crippen molar-refractivity contribution in [3.05, 3.63) is 125 Å². The van der Waals surface area contributed by atoms with Crippen molar-refractivity contribution in [2.45, 2.75) is 162 Å². The third-order valence-corrected chi connectivity index (χ3v) is 21.7. The van der Waals surface area contributed by atoms with Crippen LogP contribution in [0.25, 0.3) is 21.3 Å². The molecule has 4 saturated carbocycles.